The number of nitrogens with zero attached hydrogens (tertiary/aromatic N) is 1. The van der Waals surface area contributed by atoms with E-state index in [1.807, 2.05) is 0 Å². The molecule has 0 aliphatic carbocycles. The summed E-state index contributed by atoms with van der Waals surface area (Å²) in [7, 11) is 0. The zero-order valence-corrected chi connectivity index (χ0v) is 14.5. The highest BCUT2D eigenvalue weighted by atomic mass is 32.2. The van der Waals surface area contributed by atoms with Crippen molar-refractivity contribution in [1.82, 2.24) is 5.32 Å². The van der Waals surface area contributed by atoms with Gasteiger partial charge in [0, 0.05) is 0 Å². The van der Waals surface area contributed by atoms with E-state index in [4.69, 9.17) is 5.73 Å². The van der Waals surface area contributed by atoms with Crippen LogP contribution >= 0.6 is 11.8 Å². The van der Waals surface area contributed by atoms with E-state index < -0.39 is 50.7 Å². The van der Waals surface area contributed by atoms with Gasteiger partial charge in [0.25, 0.3) is 0 Å². The summed E-state index contributed by atoms with van der Waals surface area (Å²) in [6, 6.07) is 5.24. The number of carbonyl (C=O) groups is 3. The lowest BCUT2D eigenvalue weighted by atomic mass is 9.94. The van der Waals surface area contributed by atoms with E-state index >= 15 is 0 Å². The van der Waals surface area contributed by atoms with Crippen LogP contribution in [0.1, 0.15) is 25.5 Å². The summed E-state index contributed by atoms with van der Waals surface area (Å²) in [4.78, 5) is 36.2. The molecule has 2 saturated heterocycles. The number of aliphatic carboxylic acids is 1. The fourth-order valence-corrected chi connectivity index (χ4v) is 5.22. The van der Waals surface area contributed by atoms with Gasteiger partial charge in [-0.05, 0) is 19.4 Å². The van der Waals surface area contributed by atoms with Crippen LogP contribution in [0.2, 0.25) is 0 Å². The number of hydrogen-bond acceptors (Lipinski definition) is 6. The van der Waals surface area contributed by atoms with Gasteiger partial charge in [-0.1, -0.05) is 42.1 Å². The lowest BCUT2D eigenvalue weighted by Crippen LogP contribution is -2.79. The number of carbonyl (C=O) groups excluding carboxylic acids is 2. The molecular weight excluding hydrogens is 346 g/mol. The Kier molecular flexibility index (Phi) is 4.15. The lowest BCUT2D eigenvalue weighted by Gasteiger charge is -2.54. The van der Waals surface area contributed by atoms with E-state index in [9.17, 15) is 24.7 Å². The summed E-state index contributed by atoms with van der Waals surface area (Å²) in [5, 5.41) is 23.9. The molecule has 8 nitrogen and oxygen atoms in total. The molecule has 0 aromatic heterocycles. The Bertz CT molecular complexity index is 741. The Morgan fingerprint density at radius 1 is 1.36 bits per heavy atom. The first-order chi connectivity index (χ1) is 11.6. The molecule has 5 atom stereocenters. The van der Waals surface area contributed by atoms with Crippen LogP contribution < -0.4 is 11.1 Å². The largest absolute Gasteiger partial charge is 0.624 e. The minimum atomic E-state index is -1.45. The second-order valence-corrected chi connectivity index (χ2v) is 8.55. The van der Waals surface area contributed by atoms with Crippen LogP contribution in [-0.4, -0.2) is 49.7 Å². The van der Waals surface area contributed by atoms with Gasteiger partial charge in [-0.3, -0.25) is 9.44 Å². The number of fused-ring (bicyclic) bond motifs is 1. The van der Waals surface area contributed by atoms with Gasteiger partial charge in [0.15, 0.2) is 5.37 Å². The van der Waals surface area contributed by atoms with E-state index in [1.54, 1.807) is 44.2 Å². The third kappa shape index (κ3) is 2.54. The first kappa shape index (κ1) is 17.9. The van der Waals surface area contributed by atoms with Gasteiger partial charge in [-0.2, -0.15) is 0 Å². The normalized spacial score (nSPS) is 33.9. The highest BCUT2D eigenvalue weighted by Gasteiger charge is 2.74. The number of amides is 2. The molecule has 3 rings (SSSR count). The monoisotopic (exact) mass is 365 g/mol. The van der Waals surface area contributed by atoms with Crippen LogP contribution in [0.5, 0.6) is 0 Å². The Morgan fingerprint density at radius 2 is 1.96 bits per heavy atom. The Hall–Kier alpha value is -1.94. The van der Waals surface area contributed by atoms with Crippen LogP contribution in [0.4, 0.5) is 0 Å². The van der Waals surface area contributed by atoms with Gasteiger partial charge in [0.1, 0.15) is 6.04 Å². The number of rotatable bonds is 4. The smallest absolute Gasteiger partial charge is 0.364 e. The van der Waals surface area contributed by atoms with Crippen LogP contribution in [0, 0.1) is 5.21 Å². The standard InChI is InChI=1S/C16H19N3O5S/c1-16(2)11(15(22)23)19(24)13(21)10(14(19)25-16)18-12(20)9(17)8-6-4-3-5-7-8/h3-7,9-11,14H,17H2,1-2H3,(H,18,20)(H,22,23)/t9-,10-,11+,14-,19?/m1/s1. The van der Waals surface area contributed by atoms with Crippen LogP contribution in [-0.2, 0) is 14.4 Å². The minimum absolute atomic E-state index is 0.576. The zero-order valence-electron chi connectivity index (χ0n) is 13.7. The number of β-lactam (4-membered cyclic amide) rings is 1. The summed E-state index contributed by atoms with van der Waals surface area (Å²) in [6.07, 6.45) is 0. The summed E-state index contributed by atoms with van der Waals surface area (Å²) >= 11 is 1.12. The molecule has 2 aliphatic heterocycles. The van der Waals surface area contributed by atoms with Crippen molar-refractivity contribution in [3.63, 3.8) is 0 Å². The lowest BCUT2D eigenvalue weighted by molar-refractivity contribution is -0.857. The molecule has 0 spiro atoms. The van der Waals surface area contributed by atoms with Crippen molar-refractivity contribution >= 4 is 29.5 Å². The molecule has 134 valence electrons. The predicted octanol–water partition coefficient (Wildman–Crippen LogP) is 0.331. The number of nitrogens with two attached hydrogens (primary N) is 1. The van der Waals surface area contributed by atoms with Gasteiger partial charge < -0.3 is 21.4 Å². The van der Waals surface area contributed by atoms with E-state index in [1.165, 1.54) is 0 Å². The fraction of sp³-hybridized carbons (Fsp3) is 0.438. The molecule has 0 bridgehead atoms. The molecule has 2 aliphatic rings. The molecule has 25 heavy (non-hydrogen) atoms. The second-order valence-electron chi connectivity index (χ2n) is 6.77. The molecule has 4 N–H and O–H groups in total. The fourth-order valence-electron chi connectivity index (χ4n) is 3.51. The summed E-state index contributed by atoms with van der Waals surface area (Å²) in [5.74, 6) is -2.73. The van der Waals surface area contributed by atoms with E-state index in [0.717, 1.165) is 11.8 Å². The average Bonchev–Trinajstić information content (AvgIpc) is 2.76. The highest BCUT2D eigenvalue weighted by molar-refractivity contribution is 8.01. The van der Waals surface area contributed by atoms with Gasteiger partial charge in [0.05, 0.1) is 4.75 Å². The minimum Gasteiger partial charge on any atom is -0.624 e. The quantitative estimate of drug-likeness (QED) is 0.398. The molecular formula is C16H19N3O5S. The SMILES string of the molecule is CC1(C)S[C@@H]2[C@H](NC(=O)[C@H](N)c3ccccc3)C(=O)[N+]2([O-])[C@H]1C(=O)O. The summed E-state index contributed by atoms with van der Waals surface area (Å²) in [6.45, 7) is 3.24. The third-order valence-electron chi connectivity index (χ3n) is 4.71. The van der Waals surface area contributed by atoms with Crippen molar-refractivity contribution in [3.05, 3.63) is 41.1 Å². The van der Waals surface area contributed by atoms with Gasteiger partial charge >= 0.3 is 11.9 Å². The first-order valence-electron chi connectivity index (χ1n) is 7.76. The first-order valence-corrected chi connectivity index (χ1v) is 8.64. The molecule has 2 fully saturated rings. The number of carboxylic acids is 1. The second kappa shape index (κ2) is 5.80. The molecule has 1 unspecified atom stereocenters. The predicted molar refractivity (Wildman–Crippen MR) is 90.8 cm³/mol. The Labute approximate surface area is 148 Å². The maximum atomic E-state index is 12.9. The van der Waals surface area contributed by atoms with E-state index in [2.05, 4.69) is 5.32 Å². The zero-order chi connectivity index (χ0) is 18.6. The summed E-state index contributed by atoms with van der Waals surface area (Å²) in [5.41, 5.74) is 6.48. The van der Waals surface area contributed by atoms with Gasteiger partial charge in [-0.15, -0.1) is 0 Å². The number of hydroxylamine groups is 3. The van der Waals surface area contributed by atoms with Crippen LogP contribution in [0.25, 0.3) is 0 Å². The molecule has 2 amide bonds. The molecule has 2 heterocycles. The number of carboxylic acid groups (broad SMARTS) is 1. The topological polar surface area (TPSA) is 133 Å². The Balaban J connectivity index is 1.77. The number of quaternary nitrogens is 1. The van der Waals surface area contributed by atoms with Crippen molar-refractivity contribution in [1.29, 1.82) is 0 Å². The molecule has 0 saturated carbocycles. The Morgan fingerprint density at radius 3 is 2.52 bits per heavy atom. The maximum absolute atomic E-state index is 12.9. The van der Waals surface area contributed by atoms with E-state index in [0.29, 0.717) is 5.56 Å². The van der Waals surface area contributed by atoms with Gasteiger partial charge in [-0.25, -0.2) is 9.59 Å². The van der Waals surface area contributed by atoms with Crippen molar-refractivity contribution < 1.29 is 24.1 Å². The highest BCUT2D eigenvalue weighted by Crippen LogP contribution is 2.56. The van der Waals surface area contributed by atoms with Crippen LogP contribution in [0.15, 0.2) is 30.3 Å². The number of nitrogens with one attached hydrogen (secondary N) is 1. The van der Waals surface area contributed by atoms with Crippen LogP contribution in [0.3, 0.4) is 0 Å². The summed E-state index contributed by atoms with van der Waals surface area (Å²) < 4.78 is -2.37. The van der Waals surface area contributed by atoms with Crippen molar-refractivity contribution in [2.24, 2.45) is 5.73 Å². The molecule has 1 aromatic rings. The average molecular weight is 365 g/mol. The molecule has 9 heteroatoms. The molecule has 1 aromatic carbocycles. The van der Waals surface area contributed by atoms with E-state index in [-0.39, 0.29) is 0 Å². The van der Waals surface area contributed by atoms with Gasteiger partial charge in [0.2, 0.25) is 18.0 Å². The number of benzene rings is 1. The van der Waals surface area contributed by atoms with Crippen molar-refractivity contribution in [3.8, 4) is 0 Å². The van der Waals surface area contributed by atoms with Crippen molar-refractivity contribution in [2.75, 3.05) is 0 Å². The number of thioether (sulfide) groups is 1. The third-order valence-corrected chi connectivity index (χ3v) is 6.37. The number of hydrogen-bond donors (Lipinski definition) is 3. The van der Waals surface area contributed by atoms with Crippen molar-refractivity contribution in [2.45, 2.75) is 42.1 Å². The molecule has 0 radical (unpaired) electrons. The maximum Gasteiger partial charge on any atom is 0.364 e.